The zero-order chi connectivity index (χ0) is 18.8. The van der Waals surface area contributed by atoms with Crippen LogP contribution in [0, 0.1) is 5.92 Å². The second-order valence-corrected chi connectivity index (χ2v) is 9.34. The first kappa shape index (κ1) is 18.7. The van der Waals surface area contributed by atoms with Crippen LogP contribution in [0.1, 0.15) is 29.3 Å². The van der Waals surface area contributed by atoms with Gasteiger partial charge in [-0.15, -0.1) is 11.3 Å². The molecule has 2 aromatic heterocycles. The third kappa shape index (κ3) is 3.84. The summed E-state index contributed by atoms with van der Waals surface area (Å²) in [6.07, 6.45) is 3.97. The van der Waals surface area contributed by atoms with E-state index in [0.29, 0.717) is 18.2 Å². The number of aliphatic hydroxyl groups excluding tert-OH is 1. The van der Waals surface area contributed by atoms with E-state index in [-0.39, 0.29) is 12.2 Å². The van der Waals surface area contributed by atoms with Crippen molar-refractivity contribution >= 4 is 33.3 Å². The van der Waals surface area contributed by atoms with Gasteiger partial charge in [0.05, 0.1) is 12.0 Å². The lowest BCUT2D eigenvalue weighted by molar-refractivity contribution is 0.322. The molecule has 4 nitrogen and oxygen atoms in total. The summed E-state index contributed by atoms with van der Waals surface area (Å²) in [5.41, 5.74) is 2.53. The number of aromatic nitrogens is 2. The molecule has 142 valence electrons. The molecule has 1 aromatic carbocycles. The fraction of sp³-hybridized carbons (Fsp3) is 0.429. The first-order valence-corrected chi connectivity index (χ1v) is 11.3. The maximum atomic E-state index is 13.4. The molecule has 0 fully saturated rings. The van der Waals surface area contributed by atoms with E-state index in [0.717, 1.165) is 41.1 Å². The Bertz CT molecular complexity index is 995. The number of benzene rings is 1. The van der Waals surface area contributed by atoms with Crippen molar-refractivity contribution in [2.24, 2.45) is 5.92 Å². The van der Waals surface area contributed by atoms with Crippen LogP contribution in [0.3, 0.4) is 0 Å². The van der Waals surface area contributed by atoms with Gasteiger partial charge in [0.1, 0.15) is 4.83 Å². The Morgan fingerprint density at radius 2 is 2.15 bits per heavy atom. The number of thioether (sulfide) groups is 1. The highest BCUT2D eigenvalue weighted by atomic mass is 32.2. The van der Waals surface area contributed by atoms with E-state index in [1.807, 2.05) is 22.8 Å². The van der Waals surface area contributed by atoms with Gasteiger partial charge in [-0.3, -0.25) is 9.36 Å². The summed E-state index contributed by atoms with van der Waals surface area (Å²) in [7, 11) is 0. The van der Waals surface area contributed by atoms with Crippen LogP contribution in [-0.4, -0.2) is 27.0 Å². The van der Waals surface area contributed by atoms with E-state index in [1.54, 1.807) is 11.3 Å². The molecule has 0 unspecified atom stereocenters. The van der Waals surface area contributed by atoms with Crippen molar-refractivity contribution in [3.8, 4) is 0 Å². The number of thiophene rings is 1. The van der Waals surface area contributed by atoms with Crippen molar-refractivity contribution in [2.75, 3.05) is 12.4 Å². The molecule has 0 amide bonds. The van der Waals surface area contributed by atoms with Gasteiger partial charge in [-0.2, -0.15) is 0 Å². The maximum absolute atomic E-state index is 13.4. The zero-order valence-corrected chi connectivity index (χ0v) is 17.1. The number of nitrogens with zero attached hydrogens (tertiary/aromatic N) is 2. The highest BCUT2D eigenvalue weighted by Gasteiger charge is 2.24. The van der Waals surface area contributed by atoms with Crippen LogP contribution >= 0.6 is 23.1 Å². The first-order chi connectivity index (χ1) is 13.2. The topological polar surface area (TPSA) is 55.1 Å². The van der Waals surface area contributed by atoms with Gasteiger partial charge in [-0.05, 0) is 42.7 Å². The number of aliphatic hydroxyl groups is 1. The molecular weight excluding hydrogens is 376 g/mol. The van der Waals surface area contributed by atoms with Gasteiger partial charge in [0.2, 0.25) is 0 Å². The Morgan fingerprint density at radius 1 is 1.33 bits per heavy atom. The van der Waals surface area contributed by atoms with Crippen molar-refractivity contribution < 1.29 is 5.11 Å². The lowest BCUT2D eigenvalue weighted by atomic mass is 9.89. The zero-order valence-electron chi connectivity index (χ0n) is 15.5. The van der Waals surface area contributed by atoms with Crippen LogP contribution in [0.15, 0.2) is 40.3 Å². The predicted molar refractivity (Wildman–Crippen MR) is 113 cm³/mol. The Morgan fingerprint density at radius 3 is 2.93 bits per heavy atom. The molecule has 3 aromatic rings. The molecule has 0 radical (unpaired) electrons. The molecule has 4 rings (SSSR count). The average Bonchev–Trinajstić information content (AvgIpc) is 3.04. The van der Waals surface area contributed by atoms with Crippen LogP contribution in [0.5, 0.6) is 0 Å². The molecule has 27 heavy (non-hydrogen) atoms. The number of aryl methyl sites for hydroxylation is 2. The Hall–Kier alpha value is -1.63. The summed E-state index contributed by atoms with van der Waals surface area (Å²) in [5, 5.41) is 10.8. The molecule has 6 heteroatoms. The van der Waals surface area contributed by atoms with E-state index in [4.69, 9.17) is 4.98 Å². The fourth-order valence-electron chi connectivity index (χ4n) is 3.73. The molecule has 1 aliphatic carbocycles. The minimum atomic E-state index is 0.0791. The Labute approximate surface area is 167 Å². The number of hydrogen-bond donors (Lipinski definition) is 1. The second-order valence-electron chi connectivity index (χ2n) is 7.19. The first-order valence-electron chi connectivity index (χ1n) is 9.50. The largest absolute Gasteiger partial charge is 0.396 e. The van der Waals surface area contributed by atoms with Crippen molar-refractivity contribution in [2.45, 2.75) is 44.3 Å². The van der Waals surface area contributed by atoms with Crippen LogP contribution < -0.4 is 5.56 Å². The summed E-state index contributed by atoms with van der Waals surface area (Å²) < 4.78 is 1.82. The van der Waals surface area contributed by atoms with Gasteiger partial charge in [-0.1, -0.05) is 49.0 Å². The van der Waals surface area contributed by atoms with E-state index in [2.05, 4.69) is 19.1 Å². The average molecular weight is 401 g/mol. The lowest BCUT2D eigenvalue weighted by Crippen LogP contribution is -2.25. The van der Waals surface area contributed by atoms with E-state index < -0.39 is 0 Å². The summed E-state index contributed by atoms with van der Waals surface area (Å²) in [5.74, 6) is 1.22. The summed E-state index contributed by atoms with van der Waals surface area (Å²) in [6, 6.07) is 10.2. The molecular formula is C21H24N2O2S2. The predicted octanol–water partition coefficient (Wildman–Crippen LogP) is 3.91. The van der Waals surface area contributed by atoms with Crippen LogP contribution in [0.2, 0.25) is 0 Å². The number of hydrogen-bond acceptors (Lipinski definition) is 5. The summed E-state index contributed by atoms with van der Waals surface area (Å²) in [6.45, 7) is 2.97. The van der Waals surface area contributed by atoms with E-state index in [9.17, 15) is 9.90 Å². The standard InChI is InChI=1S/C21H24N2O2S2/c1-14-7-8-16-17(13-14)27-19-18(16)20(25)23(21(22-19)26-12-11-24)10-9-15-5-3-2-4-6-15/h2-6,14,24H,7-13H2,1H3/t14-/m1/s1. The summed E-state index contributed by atoms with van der Waals surface area (Å²) >= 11 is 3.15. The minimum Gasteiger partial charge on any atom is -0.396 e. The van der Waals surface area contributed by atoms with E-state index >= 15 is 0 Å². The van der Waals surface area contributed by atoms with Crippen molar-refractivity contribution in [3.05, 3.63) is 56.7 Å². The van der Waals surface area contributed by atoms with E-state index in [1.165, 1.54) is 27.8 Å². The van der Waals surface area contributed by atoms with Gasteiger partial charge in [0.25, 0.3) is 5.56 Å². The second kappa shape index (κ2) is 8.17. The van der Waals surface area contributed by atoms with Gasteiger partial charge < -0.3 is 5.11 Å². The van der Waals surface area contributed by atoms with Gasteiger partial charge in [0.15, 0.2) is 5.16 Å². The van der Waals surface area contributed by atoms with Gasteiger partial charge in [-0.25, -0.2) is 4.98 Å². The van der Waals surface area contributed by atoms with Crippen molar-refractivity contribution in [1.82, 2.24) is 9.55 Å². The SMILES string of the molecule is C[C@@H]1CCc2c(sc3nc(SCCO)n(CCc4ccccc4)c(=O)c23)C1. The molecule has 0 saturated carbocycles. The van der Waals surface area contributed by atoms with Crippen LogP contribution in [-0.2, 0) is 25.8 Å². The molecule has 0 aliphatic heterocycles. The van der Waals surface area contributed by atoms with Crippen molar-refractivity contribution in [1.29, 1.82) is 0 Å². The number of fused-ring (bicyclic) bond motifs is 3. The highest BCUT2D eigenvalue weighted by molar-refractivity contribution is 7.99. The Balaban J connectivity index is 1.77. The molecule has 1 atom stereocenters. The normalized spacial score (nSPS) is 16.6. The third-order valence-corrected chi connectivity index (χ3v) is 7.27. The molecule has 0 spiro atoms. The molecule has 2 heterocycles. The van der Waals surface area contributed by atoms with Crippen molar-refractivity contribution in [3.63, 3.8) is 0 Å². The van der Waals surface area contributed by atoms with Crippen LogP contribution in [0.4, 0.5) is 0 Å². The monoisotopic (exact) mass is 400 g/mol. The molecule has 0 saturated heterocycles. The highest BCUT2D eigenvalue weighted by Crippen LogP contribution is 2.36. The maximum Gasteiger partial charge on any atom is 0.263 e. The molecule has 1 N–H and O–H groups in total. The molecule has 1 aliphatic rings. The summed E-state index contributed by atoms with van der Waals surface area (Å²) in [4.78, 5) is 20.5. The Kier molecular flexibility index (Phi) is 5.66. The fourth-order valence-corrected chi connectivity index (χ4v) is 5.93. The third-order valence-electron chi connectivity index (χ3n) is 5.17. The van der Waals surface area contributed by atoms with Crippen LogP contribution in [0.25, 0.3) is 10.2 Å². The smallest absolute Gasteiger partial charge is 0.263 e. The number of rotatable bonds is 6. The quantitative estimate of drug-likeness (QED) is 0.503. The lowest BCUT2D eigenvalue weighted by Gasteiger charge is -2.17. The minimum absolute atomic E-state index is 0.0791. The van der Waals surface area contributed by atoms with Gasteiger partial charge in [0, 0.05) is 17.2 Å². The molecule has 0 bridgehead atoms. The van der Waals surface area contributed by atoms with Gasteiger partial charge >= 0.3 is 0 Å².